The lowest BCUT2D eigenvalue weighted by atomic mass is 10.0. The third-order valence-corrected chi connectivity index (χ3v) is 5.77. The van der Waals surface area contributed by atoms with Gasteiger partial charge in [-0.15, -0.1) is 11.3 Å². The van der Waals surface area contributed by atoms with Crippen LogP contribution in [0.3, 0.4) is 0 Å². The average Bonchev–Trinajstić information content (AvgIpc) is 3.33. The van der Waals surface area contributed by atoms with Crippen molar-refractivity contribution in [2.45, 2.75) is 39.5 Å². The Kier molecular flexibility index (Phi) is 6.80. The summed E-state index contributed by atoms with van der Waals surface area (Å²) in [5.74, 6) is 1.86. The molecule has 0 bridgehead atoms. The van der Waals surface area contributed by atoms with Gasteiger partial charge >= 0.3 is 0 Å². The molecule has 0 aliphatic carbocycles. The monoisotopic (exact) mass is 376 g/mol. The Bertz CT molecular complexity index is 678. The van der Waals surface area contributed by atoms with Gasteiger partial charge in [-0.3, -0.25) is 9.69 Å². The van der Waals surface area contributed by atoms with Crippen molar-refractivity contribution in [2.24, 2.45) is 5.92 Å². The zero-order valence-corrected chi connectivity index (χ0v) is 16.5. The second-order valence-electron chi connectivity index (χ2n) is 6.95. The molecule has 1 aliphatic heterocycles. The van der Waals surface area contributed by atoms with Crippen LogP contribution in [0.1, 0.15) is 39.0 Å². The van der Waals surface area contributed by atoms with Crippen LogP contribution in [0.2, 0.25) is 0 Å². The summed E-state index contributed by atoms with van der Waals surface area (Å²) < 4.78 is 5.35. The Balaban J connectivity index is 1.37. The lowest BCUT2D eigenvalue weighted by molar-refractivity contribution is -0.137. The molecule has 142 valence electrons. The zero-order valence-electron chi connectivity index (χ0n) is 15.7. The van der Waals surface area contributed by atoms with E-state index in [1.54, 1.807) is 11.3 Å². The first-order valence-electron chi connectivity index (χ1n) is 9.55. The van der Waals surface area contributed by atoms with Gasteiger partial charge in [0.25, 0.3) is 0 Å². The fourth-order valence-corrected chi connectivity index (χ4v) is 4.03. The summed E-state index contributed by atoms with van der Waals surface area (Å²) in [7, 11) is 0. The molecule has 7 heteroatoms. The molecule has 1 aliphatic rings. The fourth-order valence-electron chi connectivity index (χ4n) is 3.38. The van der Waals surface area contributed by atoms with Crippen molar-refractivity contribution in [3.63, 3.8) is 0 Å². The minimum atomic E-state index is 0.154. The molecule has 3 heterocycles. The molecule has 0 N–H and O–H groups in total. The number of nitrogens with zero attached hydrogens (tertiary/aromatic N) is 4. The van der Waals surface area contributed by atoms with E-state index in [1.165, 1.54) is 0 Å². The van der Waals surface area contributed by atoms with Gasteiger partial charge in [0, 0.05) is 38.5 Å². The van der Waals surface area contributed by atoms with E-state index >= 15 is 0 Å². The molecule has 1 saturated heterocycles. The molecule has 1 atom stereocenters. The molecule has 2 aromatic rings. The second-order valence-corrected chi connectivity index (χ2v) is 7.90. The number of thiophene rings is 1. The van der Waals surface area contributed by atoms with Crippen LogP contribution in [0.25, 0.3) is 10.7 Å². The maximum absolute atomic E-state index is 12.4. The van der Waals surface area contributed by atoms with Crippen LogP contribution in [0, 0.1) is 5.92 Å². The maximum Gasteiger partial charge on any atom is 0.227 e. The fraction of sp³-hybridized carbons (Fsp3) is 0.632. The van der Waals surface area contributed by atoms with Crippen molar-refractivity contribution in [3.8, 4) is 10.7 Å². The first-order valence-corrected chi connectivity index (χ1v) is 10.4. The van der Waals surface area contributed by atoms with Gasteiger partial charge in [0.05, 0.1) is 4.88 Å². The van der Waals surface area contributed by atoms with Crippen molar-refractivity contribution in [2.75, 3.05) is 32.7 Å². The van der Waals surface area contributed by atoms with E-state index in [1.807, 2.05) is 29.3 Å². The Morgan fingerprint density at radius 3 is 2.85 bits per heavy atom. The number of piperazine rings is 1. The van der Waals surface area contributed by atoms with Gasteiger partial charge in [-0.25, -0.2) is 0 Å². The van der Waals surface area contributed by atoms with Gasteiger partial charge in [-0.1, -0.05) is 31.5 Å². The van der Waals surface area contributed by atoms with E-state index < -0.39 is 0 Å². The quantitative estimate of drug-likeness (QED) is 0.707. The normalized spacial score (nSPS) is 16.8. The molecule has 6 nitrogen and oxygen atoms in total. The standard InChI is InChI=1S/C19H28N4O2S/c1-3-6-15(2)19(24)23-12-10-22(11-13-23)9-4-8-17-20-18(21-25-17)16-7-5-14-26-16/h5,7,14-15H,3-4,6,8-13H2,1-2H3. The largest absolute Gasteiger partial charge is 0.340 e. The minimum absolute atomic E-state index is 0.154. The van der Waals surface area contributed by atoms with Crippen LogP contribution in [-0.4, -0.2) is 58.6 Å². The smallest absolute Gasteiger partial charge is 0.227 e. The minimum Gasteiger partial charge on any atom is -0.340 e. The highest BCUT2D eigenvalue weighted by molar-refractivity contribution is 7.13. The highest BCUT2D eigenvalue weighted by Crippen LogP contribution is 2.21. The van der Waals surface area contributed by atoms with Crippen molar-refractivity contribution in [1.82, 2.24) is 19.9 Å². The van der Waals surface area contributed by atoms with Crippen molar-refractivity contribution in [3.05, 3.63) is 23.4 Å². The summed E-state index contributed by atoms with van der Waals surface area (Å²) in [6, 6.07) is 3.99. The number of hydrogen-bond acceptors (Lipinski definition) is 6. The third-order valence-electron chi connectivity index (χ3n) is 4.90. The van der Waals surface area contributed by atoms with Gasteiger partial charge in [0.1, 0.15) is 0 Å². The van der Waals surface area contributed by atoms with Crippen molar-refractivity contribution >= 4 is 17.2 Å². The molecule has 26 heavy (non-hydrogen) atoms. The summed E-state index contributed by atoms with van der Waals surface area (Å²) in [4.78, 5) is 22.3. The van der Waals surface area contributed by atoms with Crippen LogP contribution in [-0.2, 0) is 11.2 Å². The van der Waals surface area contributed by atoms with Crippen LogP contribution in [0.5, 0.6) is 0 Å². The lowest BCUT2D eigenvalue weighted by Crippen LogP contribution is -2.50. The third kappa shape index (κ3) is 4.92. The molecule has 1 amide bonds. The first-order chi connectivity index (χ1) is 12.7. The number of aryl methyl sites for hydroxylation is 1. The molecule has 0 saturated carbocycles. The van der Waals surface area contributed by atoms with Gasteiger partial charge in [0.2, 0.25) is 17.6 Å². The highest BCUT2D eigenvalue weighted by Gasteiger charge is 2.24. The zero-order chi connectivity index (χ0) is 18.4. The number of rotatable bonds is 8. The van der Waals surface area contributed by atoms with E-state index in [2.05, 4.69) is 22.0 Å². The molecule has 2 aromatic heterocycles. The summed E-state index contributed by atoms with van der Waals surface area (Å²) in [6.07, 6.45) is 3.84. The van der Waals surface area contributed by atoms with E-state index in [0.717, 1.165) is 63.3 Å². The Labute approximate surface area is 159 Å². The molecule has 0 spiro atoms. The molecule has 3 rings (SSSR count). The average molecular weight is 377 g/mol. The summed E-state index contributed by atoms with van der Waals surface area (Å²) in [5, 5.41) is 6.06. The van der Waals surface area contributed by atoms with Crippen LogP contribution >= 0.6 is 11.3 Å². The topological polar surface area (TPSA) is 62.5 Å². The number of amides is 1. The summed E-state index contributed by atoms with van der Waals surface area (Å²) >= 11 is 1.62. The molecule has 1 unspecified atom stereocenters. The van der Waals surface area contributed by atoms with Gasteiger partial charge in [-0.2, -0.15) is 4.98 Å². The Morgan fingerprint density at radius 1 is 1.35 bits per heavy atom. The lowest BCUT2D eigenvalue weighted by Gasteiger charge is -2.36. The van der Waals surface area contributed by atoms with Crippen LogP contribution < -0.4 is 0 Å². The molecule has 1 fully saturated rings. The number of aromatic nitrogens is 2. The van der Waals surface area contributed by atoms with Crippen LogP contribution in [0.15, 0.2) is 22.0 Å². The summed E-state index contributed by atoms with van der Waals surface area (Å²) in [5.41, 5.74) is 0. The molecular formula is C19H28N4O2S. The SMILES string of the molecule is CCCC(C)C(=O)N1CCN(CCCc2nc(-c3cccs3)no2)CC1. The maximum atomic E-state index is 12.4. The molecular weight excluding hydrogens is 348 g/mol. The molecule has 0 radical (unpaired) electrons. The molecule has 0 aromatic carbocycles. The van der Waals surface area contributed by atoms with Crippen molar-refractivity contribution < 1.29 is 9.32 Å². The predicted octanol–water partition coefficient (Wildman–Crippen LogP) is 3.31. The Hall–Kier alpha value is -1.73. The van der Waals surface area contributed by atoms with E-state index in [4.69, 9.17) is 4.52 Å². The first kappa shape index (κ1) is 19.0. The number of carbonyl (C=O) groups is 1. The second kappa shape index (κ2) is 9.28. The Morgan fingerprint density at radius 2 is 2.15 bits per heavy atom. The predicted molar refractivity (Wildman–Crippen MR) is 103 cm³/mol. The van der Waals surface area contributed by atoms with Crippen molar-refractivity contribution in [1.29, 1.82) is 0 Å². The van der Waals surface area contributed by atoms with Gasteiger partial charge < -0.3 is 9.42 Å². The van der Waals surface area contributed by atoms with Gasteiger partial charge in [-0.05, 0) is 30.8 Å². The van der Waals surface area contributed by atoms with Crippen LogP contribution in [0.4, 0.5) is 0 Å². The summed E-state index contributed by atoms with van der Waals surface area (Å²) in [6.45, 7) is 8.78. The number of carbonyl (C=O) groups excluding carboxylic acids is 1. The van der Waals surface area contributed by atoms with E-state index in [-0.39, 0.29) is 5.92 Å². The highest BCUT2D eigenvalue weighted by atomic mass is 32.1. The van der Waals surface area contributed by atoms with E-state index in [9.17, 15) is 4.79 Å². The van der Waals surface area contributed by atoms with E-state index in [0.29, 0.717) is 17.6 Å². The van der Waals surface area contributed by atoms with Gasteiger partial charge in [0.15, 0.2) is 0 Å². The number of hydrogen-bond donors (Lipinski definition) is 0.